The Balaban J connectivity index is 1.79. The molecular formula is C14H26N2. The summed E-state index contributed by atoms with van der Waals surface area (Å²) in [5, 5.41) is 3.59. The summed E-state index contributed by atoms with van der Waals surface area (Å²) in [6.45, 7) is 10.4. The van der Waals surface area contributed by atoms with Gasteiger partial charge in [0.15, 0.2) is 0 Å². The zero-order chi connectivity index (χ0) is 11.5. The van der Waals surface area contributed by atoms with Crippen LogP contribution in [0.5, 0.6) is 0 Å². The van der Waals surface area contributed by atoms with Crippen molar-refractivity contribution in [2.75, 3.05) is 19.6 Å². The smallest absolute Gasteiger partial charge is 0.0193 e. The second-order valence-corrected chi connectivity index (χ2v) is 5.78. The van der Waals surface area contributed by atoms with Crippen molar-refractivity contribution in [3.8, 4) is 0 Å². The molecule has 0 radical (unpaired) electrons. The molecule has 16 heavy (non-hydrogen) atoms. The summed E-state index contributed by atoms with van der Waals surface area (Å²) < 4.78 is 0. The van der Waals surface area contributed by atoms with E-state index < -0.39 is 0 Å². The van der Waals surface area contributed by atoms with Crippen LogP contribution < -0.4 is 5.32 Å². The molecule has 2 nitrogen and oxygen atoms in total. The molecular weight excluding hydrogens is 196 g/mol. The normalized spacial score (nSPS) is 31.4. The van der Waals surface area contributed by atoms with Crippen LogP contribution in [0.1, 0.15) is 40.0 Å². The molecule has 0 spiro atoms. The van der Waals surface area contributed by atoms with Crippen LogP contribution in [0.25, 0.3) is 0 Å². The fraction of sp³-hybridized carbons (Fsp3) is 0.857. The second-order valence-electron chi connectivity index (χ2n) is 5.78. The molecule has 0 aromatic heterocycles. The van der Waals surface area contributed by atoms with Gasteiger partial charge in [-0.2, -0.15) is 0 Å². The van der Waals surface area contributed by atoms with Gasteiger partial charge in [-0.05, 0) is 38.6 Å². The molecule has 0 amide bonds. The zero-order valence-electron chi connectivity index (χ0n) is 11.0. The van der Waals surface area contributed by atoms with E-state index in [9.17, 15) is 0 Å². The summed E-state index contributed by atoms with van der Waals surface area (Å²) in [4.78, 5) is 2.70. The van der Waals surface area contributed by atoms with E-state index in [0.717, 1.165) is 12.0 Å². The minimum atomic E-state index is 0.629. The molecule has 0 bridgehead atoms. The average Bonchev–Trinajstić information content (AvgIpc) is 2.15. The molecule has 0 saturated heterocycles. The van der Waals surface area contributed by atoms with Gasteiger partial charge in [0.2, 0.25) is 0 Å². The predicted octanol–water partition coefficient (Wildman–Crippen LogP) is 2.42. The molecule has 92 valence electrons. The monoisotopic (exact) mass is 222 g/mol. The van der Waals surface area contributed by atoms with E-state index in [1.165, 1.54) is 38.9 Å². The third kappa shape index (κ3) is 2.86. The van der Waals surface area contributed by atoms with E-state index in [1.807, 2.05) is 0 Å². The molecule has 1 fully saturated rings. The van der Waals surface area contributed by atoms with E-state index >= 15 is 0 Å². The first kappa shape index (κ1) is 12.1. The maximum Gasteiger partial charge on any atom is 0.0193 e. The fourth-order valence-electron chi connectivity index (χ4n) is 2.88. The first-order valence-corrected chi connectivity index (χ1v) is 6.80. The van der Waals surface area contributed by atoms with Gasteiger partial charge in [-0.15, -0.1) is 0 Å². The van der Waals surface area contributed by atoms with Crippen LogP contribution in [0.3, 0.4) is 0 Å². The maximum atomic E-state index is 3.59. The van der Waals surface area contributed by atoms with Crippen LogP contribution in [0.2, 0.25) is 0 Å². The summed E-state index contributed by atoms with van der Waals surface area (Å²) in [7, 11) is 0. The van der Waals surface area contributed by atoms with Gasteiger partial charge in [-0.3, -0.25) is 4.90 Å². The van der Waals surface area contributed by atoms with Gasteiger partial charge < -0.3 is 5.32 Å². The van der Waals surface area contributed by atoms with Gasteiger partial charge in [0.25, 0.3) is 0 Å². The minimum Gasteiger partial charge on any atom is -0.314 e. The second kappa shape index (κ2) is 5.33. The standard InChI is InChI=1S/C14H26N2/c1-11(2)15-9-13-6-7-14(13)16-8-4-5-12(3)10-16/h5,11,13-15H,4,6-10H2,1-3H3. The van der Waals surface area contributed by atoms with Gasteiger partial charge in [0, 0.05) is 25.2 Å². The quantitative estimate of drug-likeness (QED) is 0.735. The third-order valence-electron chi connectivity index (χ3n) is 4.00. The van der Waals surface area contributed by atoms with Crippen molar-refractivity contribution in [2.24, 2.45) is 5.92 Å². The highest BCUT2D eigenvalue weighted by molar-refractivity contribution is 5.07. The Bertz CT molecular complexity index is 257. The fourth-order valence-corrected chi connectivity index (χ4v) is 2.88. The Morgan fingerprint density at radius 1 is 1.44 bits per heavy atom. The summed E-state index contributed by atoms with van der Waals surface area (Å²) in [5.41, 5.74) is 1.56. The van der Waals surface area contributed by atoms with Crippen molar-refractivity contribution in [1.29, 1.82) is 0 Å². The van der Waals surface area contributed by atoms with Gasteiger partial charge in [0.05, 0.1) is 0 Å². The predicted molar refractivity (Wildman–Crippen MR) is 69.6 cm³/mol. The Hall–Kier alpha value is -0.340. The van der Waals surface area contributed by atoms with Crippen molar-refractivity contribution in [2.45, 2.75) is 52.1 Å². The molecule has 2 rings (SSSR count). The van der Waals surface area contributed by atoms with Crippen LogP contribution in [0.15, 0.2) is 11.6 Å². The highest BCUT2D eigenvalue weighted by atomic mass is 15.2. The lowest BCUT2D eigenvalue weighted by atomic mass is 9.77. The van der Waals surface area contributed by atoms with E-state index in [1.54, 1.807) is 5.57 Å². The molecule has 1 heterocycles. The molecule has 1 aliphatic carbocycles. The first-order valence-electron chi connectivity index (χ1n) is 6.80. The van der Waals surface area contributed by atoms with E-state index in [2.05, 4.69) is 37.1 Å². The topological polar surface area (TPSA) is 15.3 Å². The van der Waals surface area contributed by atoms with Crippen molar-refractivity contribution in [3.63, 3.8) is 0 Å². The highest BCUT2D eigenvalue weighted by Crippen LogP contribution is 2.33. The van der Waals surface area contributed by atoms with Crippen molar-refractivity contribution >= 4 is 0 Å². The van der Waals surface area contributed by atoms with Gasteiger partial charge >= 0.3 is 0 Å². The Labute approximate surface area is 100 Å². The number of nitrogens with one attached hydrogen (secondary N) is 1. The maximum absolute atomic E-state index is 3.59. The van der Waals surface area contributed by atoms with E-state index in [4.69, 9.17) is 0 Å². The number of hydrogen-bond acceptors (Lipinski definition) is 2. The van der Waals surface area contributed by atoms with Gasteiger partial charge in [-0.25, -0.2) is 0 Å². The lowest BCUT2D eigenvalue weighted by Crippen LogP contribution is -2.52. The van der Waals surface area contributed by atoms with Gasteiger partial charge in [0.1, 0.15) is 0 Å². The van der Waals surface area contributed by atoms with Crippen LogP contribution in [0, 0.1) is 5.92 Å². The van der Waals surface area contributed by atoms with E-state index in [0.29, 0.717) is 6.04 Å². The first-order chi connectivity index (χ1) is 7.66. The van der Waals surface area contributed by atoms with Gasteiger partial charge in [-0.1, -0.05) is 25.5 Å². The summed E-state index contributed by atoms with van der Waals surface area (Å²) >= 11 is 0. The largest absolute Gasteiger partial charge is 0.314 e. The van der Waals surface area contributed by atoms with Crippen LogP contribution >= 0.6 is 0 Å². The van der Waals surface area contributed by atoms with Crippen molar-refractivity contribution in [3.05, 3.63) is 11.6 Å². The molecule has 1 N–H and O–H groups in total. The summed E-state index contributed by atoms with van der Waals surface area (Å²) in [6.07, 6.45) is 6.49. The lowest BCUT2D eigenvalue weighted by Gasteiger charge is -2.46. The SMILES string of the molecule is CC1=CCCN(C2CCC2CNC(C)C)C1. The highest BCUT2D eigenvalue weighted by Gasteiger charge is 2.35. The third-order valence-corrected chi connectivity index (χ3v) is 4.00. The van der Waals surface area contributed by atoms with Crippen molar-refractivity contribution in [1.82, 2.24) is 10.2 Å². The molecule has 0 aromatic rings. The molecule has 2 atom stereocenters. The Morgan fingerprint density at radius 2 is 2.25 bits per heavy atom. The Kier molecular flexibility index (Phi) is 4.04. The molecule has 0 aromatic carbocycles. The van der Waals surface area contributed by atoms with Crippen LogP contribution in [-0.2, 0) is 0 Å². The molecule has 1 saturated carbocycles. The lowest BCUT2D eigenvalue weighted by molar-refractivity contribution is 0.0660. The minimum absolute atomic E-state index is 0.629. The number of rotatable bonds is 4. The number of hydrogen-bond donors (Lipinski definition) is 1. The van der Waals surface area contributed by atoms with Crippen LogP contribution in [0.4, 0.5) is 0 Å². The summed E-state index contributed by atoms with van der Waals surface area (Å²) in [6, 6.07) is 1.49. The molecule has 1 aliphatic heterocycles. The van der Waals surface area contributed by atoms with E-state index in [-0.39, 0.29) is 0 Å². The van der Waals surface area contributed by atoms with Crippen molar-refractivity contribution < 1.29 is 0 Å². The van der Waals surface area contributed by atoms with Crippen LogP contribution in [-0.4, -0.2) is 36.6 Å². The molecule has 2 heteroatoms. The number of nitrogens with zero attached hydrogens (tertiary/aromatic N) is 1. The zero-order valence-corrected chi connectivity index (χ0v) is 11.0. The average molecular weight is 222 g/mol. The summed E-state index contributed by atoms with van der Waals surface area (Å²) in [5.74, 6) is 0.897. The molecule has 2 unspecified atom stereocenters. The molecule has 2 aliphatic rings. The Morgan fingerprint density at radius 3 is 2.81 bits per heavy atom.